The van der Waals surface area contributed by atoms with E-state index in [-0.39, 0.29) is 63.7 Å². The van der Waals surface area contributed by atoms with Gasteiger partial charge in [-0.1, -0.05) is 13.8 Å². The average Bonchev–Trinajstić information content (AvgIpc) is 2.36. The van der Waals surface area contributed by atoms with Crippen LogP contribution >= 0.6 is 0 Å². The summed E-state index contributed by atoms with van der Waals surface area (Å²) in [7, 11) is 0. The second-order valence-electron chi connectivity index (χ2n) is 5.56. The van der Waals surface area contributed by atoms with E-state index in [4.69, 9.17) is 14.2 Å². The number of ketones is 1. The van der Waals surface area contributed by atoms with Gasteiger partial charge in [-0.3, -0.25) is 4.79 Å². The highest BCUT2D eigenvalue weighted by Crippen LogP contribution is 2.22. The summed E-state index contributed by atoms with van der Waals surface area (Å²) in [6.45, 7) is 7.73. The molecule has 0 fully saturated rings. The number of rotatable bonds is 13. The van der Waals surface area contributed by atoms with Crippen LogP contribution in [0.4, 0.5) is 8.78 Å². The molecule has 0 bridgehead atoms. The van der Waals surface area contributed by atoms with E-state index in [1.165, 1.54) is 0 Å². The molecule has 0 aliphatic heterocycles. The molecule has 0 heterocycles. The lowest BCUT2D eigenvalue weighted by molar-refractivity contribution is -0.127. The molecule has 0 radical (unpaired) electrons. The third-order valence-electron chi connectivity index (χ3n) is 2.79. The Labute approximate surface area is 126 Å². The van der Waals surface area contributed by atoms with Crippen molar-refractivity contribution in [1.29, 1.82) is 0 Å². The predicted octanol–water partition coefficient (Wildman–Crippen LogP) is 3.09. The maximum Gasteiger partial charge on any atom is 0.252 e. The van der Waals surface area contributed by atoms with E-state index in [1.54, 1.807) is 13.8 Å². The lowest BCUT2D eigenvalue weighted by atomic mass is 10.1. The van der Waals surface area contributed by atoms with Gasteiger partial charge in [-0.2, -0.15) is 0 Å². The van der Waals surface area contributed by atoms with Gasteiger partial charge in [0.2, 0.25) is 0 Å². The van der Waals surface area contributed by atoms with E-state index in [0.29, 0.717) is 0 Å². The van der Waals surface area contributed by atoms with Crippen LogP contribution in [0.5, 0.6) is 0 Å². The summed E-state index contributed by atoms with van der Waals surface area (Å²) < 4.78 is 42.1. The van der Waals surface area contributed by atoms with Crippen LogP contribution < -0.4 is 0 Å². The van der Waals surface area contributed by atoms with Crippen molar-refractivity contribution in [3.05, 3.63) is 0 Å². The minimum Gasteiger partial charge on any atom is -0.379 e. The fourth-order valence-electron chi connectivity index (χ4n) is 1.35. The fraction of sp³-hybridized carbons (Fsp3) is 0.933. The van der Waals surface area contributed by atoms with Crippen LogP contribution in [0, 0.1) is 5.92 Å². The Kier molecular flexibility index (Phi) is 10.7. The quantitative estimate of drug-likeness (QED) is 0.490. The number of ether oxygens (including phenoxy) is 3. The van der Waals surface area contributed by atoms with Crippen molar-refractivity contribution in [2.24, 2.45) is 5.92 Å². The Morgan fingerprint density at radius 1 is 0.952 bits per heavy atom. The van der Waals surface area contributed by atoms with Gasteiger partial charge in [-0.25, -0.2) is 8.78 Å². The number of alkyl halides is 2. The number of hydrogen-bond acceptors (Lipinski definition) is 4. The number of halogens is 2. The highest BCUT2D eigenvalue weighted by molar-refractivity contribution is 5.81. The minimum atomic E-state index is -2.77. The van der Waals surface area contributed by atoms with Gasteiger partial charge in [0.05, 0.1) is 32.5 Å². The van der Waals surface area contributed by atoms with Crippen molar-refractivity contribution >= 4 is 5.78 Å². The summed E-state index contributed by atoms with van der Waals surface area (Å²) in [6, 6.07) is 0. The molecule has 0 saturated heterocycles. The SMILES string of the molecule is CC(C)OCCC(F)(F)CCOCCOCC(=O)C(C)C. The molecule has 0 amide bonds. The number of Topliss-reactive ketones (excluding diaryl/α,β-unsaturated/α-hetero) is 1. The number of carbonyl (C=O) groups excluding carboxylic acids is 1. The lowest BCUT2D eigenvalue weighted by Crippen LogP contribution is -2.23. The van der Waals surface area contributed by atoms with Crippen LogP contribution in [0.3, 0.4) is 0 Å². The molecule has 0 N–H and O–H groups in total. The third-order valence-corrected chi connectivity index (χ3v) is 2.79. The first kappa shape index (κ1) is 20.4. The van der Waals surface area contributed by atoms with E-state index in [2.05, 4.69) is 0 Å². The zero-order valence-corrected chi connectivity index (χ0v) is 13.5. The summed E-state index contributed by atoms with van der Waals surface area (Å²) in [5.41, 5.74) is 0. The Morgan fingerprint density at radius 3 is 2.10 bits per heavy atom. The molecule has 0 rings (SSSR count). The predicted molar refractivity (Wildman–Crippen MR) is 76.8 cm³/mol. The van der Waals surface area contributed by atoms with Gasteiger partial charge in [0.25, 0.3) is 5.92 Å². The smallest absolute Gasteiger partial charge is 0.252 e. The minimum absolute atomic E-state index is 0.0201. The van der Waals surface area contributed by atoms with Gasteiger partial charge in [0.15, 0.2) is 5.78 Å². The summed E-state index contributed by atoms with van der Waals surface area (Å²) in [5.74, 6) is -2.81. The third kappa shape index (κ3) is 12.8. The molecule has 0 aromatic carbocycles. The molecule has 6 heteroatoms. The first-order valence-corrected chi connectivity index (χ1v) is 7.42. The molecule has 0 spiro atoms. The number of carbonyl (C=O) groups is 1. The number of hydrogen-bond donors (Lipinski definition) is 0. The van der Waals surface area contributed by atoms with Crippen molar-refractivity contribution < 1.29 is 27.8 Å². The van der Waals surface area contributed by atoms with Gasteiger partial charge in [-0.15, -0.1) is 0 Å². The lowest BCUT2D eigenvalue weighted by Gasteiger charge is -2.17. The van der Waals surface area contributed by atoms with Crippen LogP contribution in [0.15, 0.2) is 0 Å². The van der Waals surface area contributed by atoms with Gasteiger partial charge in [-0.05, 0) is 13.8 Å². The Bertz CT molecular complexity index is 281. The zero-order valence-electron chi connectivity index (χ0n) is 13.5. The second kappa shape index (κ2) is 11.0. The maximum atomic E-state index is 13.4. The maximum absolute atomic E-state index is 13.4. The van der Waals surface area contributed by atoms with Crippen LogP contribution in [0.25, 0.3) is 0 Å². The fourth-order valence-corrected chi connectivity index (χ4v) is 1.35. The van der Waals surface area contributed by atoms with Crippen molar-refractivity contribution in [3.8, 4) is 0 Å². The van der Waals surface area contributed by atoms with Crippen molar-refractivity contribution in [1.82, 2.24) is 0 Å². The van der Waals surface area contributed by atoms with E-state index in [1.807, 2.05) is 13.8 Å². The zero-order chi connectivity index (χ0) is 16.3. The second-order valence-corrected chi connectivity index (χ2v) is 5.56. The Morgan fingerprint density at radius 2 is 1.52 bits per heavy atom. The summed E-state index contributed by atoms with van der Waals surface area (Å²) in [6.07, 6.45) is -0.671. The van der Waals surface area contributed by atoms with Crippen LogP contribution in [0.2, 0.25) is 0 Å². The molecule has 0 aromatic rings. The molecular weight excluding hydrogens is 282 g/mol. The van der Waals surface area contributed by atoms with Crippen LogP contribution in [-0.2, 0) is 19.0 Å². The van der Waals surface area contributed by atoms with Crippen LogP contribution in [0.1, 0.15) is 40.5 Å². The van der Waals surface area contributed by atoms with Gasteiger partial charge < -0.3 is 14.2 Å². The summed E-state index contributed by atoms with van der Waals surface area (Å²) >= 11 is 0. The van der Waals surface area contributed by atoms with Crippen molar-refractivity contribution in [3.63, 3.8) is 0 Å². The summed E-state index contributed by atoms with van der Waals surface area (Å²) in [5, 5.41) is 0. The summed E-state index contributed by atoms with van der Waals surface area (Å²) in [4.78, 5) is 11.2. The monoisotopic (exact) mass is 310 g/mol. The average molecular weight is 310 g/mol. The highest BCUT2D eigenvalue weighted by Gasteiger charge is 2.28. The molecule has 0 atom stereocenters. The van der Waals surface area contributed by atoms with E-state index < -0.39 is 5.92 Å². The normalized spacial score (nSPS) is 12.4. The topological polar surface area (TPSA) is 44.8 Å². The molecule has 0 saturated carbocycles. The molecule has 0 aliphatic carbocycles. The first-order valence-electron chi connectivity index (χ1n) is 7.42. The van der Waals surface area contributed by atoms with Gasteiger partial charge in [0.1, 0.15) is 6.61 Å². The standard InChI is InChI=1S/C15H28F2O4/c1-12(2)14(18)11-20-10-9-19-7-5-15(16,17)6-8-21-13(3)4/h12-13H,5-11H2,1-4H3. The molecule has 0 unspecified atom stereocenters. The van der Waals surface area contributed by atoms with Crippen molar-refractivity contribution in [2.45, 2.75) is 52.6 Å². The first-order chi connectivity index (χ1) is 9.74. The highest BCUT2D eigenvalue weighted by atomic mass is 19.3. The molecule has 4 nitrogen and oxygen atoms in total. The molecule has 126 valence electrons. The molecular formula is C15H28F2O4. The van der Waals surface area contributed by atoms with Gasteiger partial charge in [0, 0.05) is 18.8 Å². The van der Waals surface area contributed by atoms with Gasteiger partial charge >= 0.3 is 0 Å². The molecule has 21 heavy (non-hydrogen) atoms. The largest absolute Gasteiger partial charge is 0.379 e. The molecule has 0 aromatic heterocycles. The Balaban J connectivity index is 3.50. The van der Waals surface area contributed by atoms with E-state index in [9.17, 15) is 13.6 Å². The Hall–Kier alpha value is -0.590. The molecule has 0 aliphatic rings. The van der Waals surface area contributed by atoms with Crippen molar-refractivity contribution in [2.75, 3.05) is 33.0 Å². The van der Waals surface area contributed by atoms with E-state index in [0.717, 1.165) is 0 Å². The van der Waals surface area contributed by atoms with Crippen LogP contribution in [-0.4, -0.2) is 50.8 Å². The van der Waals surface area contributed by atoms with E-state index >= 15 is 0 Å².